The maximum absolute atomic E-state index is 11.9. The van der Waals surface area contributed by atoms with Crippen molar-refractivity contribution in [2.45, 2.75) is 32.4 Å². The molecule has 0 saturated carbocycles. The Bertz CT molecular complexity index is 649. The van der Waals surface area contributed by atoms with Gasteiger partial charge in [0, 0.05) is 11.3 Å². The highest BCUT2D eigenvalue weighted by atomic mass is 32.2. The topological polar surface area (TPSA) is 90.9 Å². The summed E-state index contributed by atoms with van der Waals surface area (Å²) in [5, 5.41) is 2.88. The fourth-order valence-electron chi connectivity index (χ4n) is 1.99. The van der Waals surface area contributed by atoms with Gasteiger partial charge in [-0.05, 0) is 31.6 Å². The molecule has 0 heterocycles. The molecule has 7 nitrogen and oxygen atoms in total. The Morgan fingerprint density at radius 3 is 2.48 bits per heavy atom. The fourth-order valence-corrected chi connectivity index (χ4v) is 3.46. The lowest BCUT2D eigenvalue weighted by atomic mass is 10.0. The molecule has 0 aromatic heterocycles. The van der Waals surface area contributed by atoms with Crippen LogP contribution in [-0.2, 0) is 30.4 Å². The molecule has 0 radical (unpaired) electrons. The van der Waals surface area contributed by atoms with E-state index in [1.807, 2.05) is 44.2 Å². The van der Waals surface area contributed by atoms with Crippen LogP contribution >= 0.6 is 11.8 Å². The first-order valence-electron chi connectivity index (χ1n) is 8.67. The molecule has 1 amide bonds. The van der Waals surface area contributed by atoms with Crippen LogP contribution in [0.25, 0.3) is 0 Å². The van der Waals surface area contributed by atoms with Gasteiger partial charge >= 0.3 is 6.09 Å². The van der Waals surface area contributed by atoms with Gasteiger partial charge in [0.1, 0.15) is 6.61 Å². The highest BCUT2D eigenvalue weighted by Crippen LogP contribution is 2.14. The largest absolute Gasteiger partial charge is 0.445 e. The standard InChI is InChI=1S/C18H29NO6S2/c1-18(2,19-17(20)24-15-16-7-5-4-6-8-16)9-13-26-14-12-23-10-11-25-27(3,21)22/h4-8H,9-15H2,1-3H3,(H,19,20). The Labute approximate surface area is 166 Å². The van der Waals surface area contributed by atoms with Crippen LogP contribution in [0.1, 0.15) is 25.8 Å². The quantitative estimate of drug-likeness (QED) is 0.388. The Hall–Kier alpha value is -1.29. The van der Waals surface area contributed by atoms with Crippen LogP contribution in [0.5, 0.6) is 0 Å². The summed E-state index contributed by atoms with van der Waals surface area (Å²) in [5.74, 6) is 1.64. The van der Waals surface area contributed by atoms with Gasteiger partial charge in [0.2, 0.25) is 0 Å². The normalized spacial score (nSPS) is 12.0. The van der Waals surface area contributed by atoms with E-state index in [1.165, 1.54) is 0 Å². The highest BCUT2D eigenvalue weighted by molar-refractivity contribution is 7.99. The molecule has 1 aromatic rings. The number of carbonyl (C=O) groups excluding carboxylic acids is 1. The number of alkyl carbamates (subject to hydrolysis) is 1. The van der Waals surface area contributed by atoms with Gasteiger partial charge in [-0.3, -0.25) is 4.18 Å². The molecule has 0 saturated heterocycles. The zero-order chi connectivity index (χ0) is 20.2. The fraction of sp³-hybridized carbons (Fsp3) is 0.611. The second kappa shape index (κ2) is 12.2. The van der Waals surface area contributed by atoms with Crippen LogP contribution < -0.4 is 5.32 Å². The maximum Gasteiger partial charge on any atom is 0.407 e. The summed E-state index contributed by atoms with van der Waals surface area (Å²) in [6.07, 6.45) is 1.37. The van der Waals surface area contributed by atoms with Crippen LogP contribution in [0, 0.1) is 0 Å². The molecule has 1 rings (SSSR count). The number of thioether (sulfide) groups is 1. The monoisotopic (exact) mass is 419 g/mol. The summed E-state index contributed by atoms with van der Waals surface area (Å²) in [6, 6.07) is 9.54. The van der Waals surface area contributed by atoms with Gasteiger partial charge in [0.25, 0.3) is 10.1 Å². The third-order valence-electron chi connectivity index (χ3n) is 3.42. The smallest absolute Gasteiger partial charge is 0.407 e. The number of benzene rings is 1. The summed E-state index contributed by atoms with van der Waals surface area (Å²) >= 11 is 1.70. The zero-order valence-corrected chi connectivity index (χ0v) is 17.7. The van der Waals surface area contributed by atoms with Crippen LogP contribution in [0.4, 0.5) is 4.79 Å². The highest BCUT2D eigenvalue weighted by Gasteiger charge is 2.20. The average Bonchev–Trinajstić information content (AvgIpc) is 2.58. The van der Waals surface area contributed by atoms with Crippen molar-refractivity contribution in [1.82, 2.24) is 5.32 Å². The summed E-state index contributed by atoms with van der Waals surface area (Å²) in [7, 11) is -3.40. The number of hydrogen-bond acceptors (Lipinski definition) is 7. The number of carbonyl (C=O) groups is 1. The molecule has 27 heavy (non-hydrogen) atoms. The Kier molecular flexibility index (Phi) is 10.8. The molecular formula is C18H29NO6S2. The number of hydrogen-bond donors (Lipinski definition) is 1. The van der Waals surface area contributed by atoms with Crippen LogP contribution in [0.3, 0.4) is 0 Å². The van der Waals surface area contributed by atoms with E-state index in [0.29, 0.717) is 6.61 Å². The molecule has 0 spiro atoms. The molecule has 0 aliphatic heterocycles. The van der Waals surface area contributed by atoms with Crippen molar-refractivity contribution in [2.24, 2.45) is 0 Å². The Morgan fingerprint density at radius 1 is 1.11 bits per heavy atom. The van der Waals surface area contributed by atoms with Crippen LogP contribution in [-0.4, -0.2) is 57.6 Å². The van der Waals surface area contributed by atoms with Crippen molar-refractivity contribution in [3.63, 3.8) is 0 Å². The van der Waals surface area contributed by atoms with Crippen LogP contribution in [0.15, 0.2) is 30.3 Å². The van der Waals surface area contributed by atoms with Crippen molar-refractivity contribution >= 4 is 28.0 Å². The number of rotatable bonds is 13. The van der Waals surface area contributed by atoms with Crippen molar-refractivity contribution in [3.05, 3.63) is 35.9 Å². The minimum atomic E-state index is -3.40. The lowest BCUT2D eigenvalue weighted by molar-refractivity contribution is 0.114. The molecule has 0 bridgehead atoms. The van der Waals surface area contributed by atoms with Gasteiger partial charge in [-0.15, -0.1) is 0 Å². The summed E-state index contributed by atoms with van der Waals surface area (Å²) in [4.78, 5) is 11.9. The molecule has 0 unspecified atom stereocenters. The van der Waals surface area contributed by atoms with E-state index >= 15 is 0 Å². The first-order valence-corrected chi connectivity index (χ1v) is 11.6. The number of nitrogens with one attached hydrogen (secondary N) is 1. The molecule has 1 N–H and O–H groups in total. The molecular weight excluding hydrogens is 390 g/mol. The third-order valence-corrected chi connectivity index (χ3v) is 4.96. The second-order valence-electron chi connectivity index (χ2n) is 6.57. The molecule has 1 aromatic carbocycles. The Balaban J connectivity index is 2.06. The number of ether oxygens (including phenoxy) is 2. The van der Waals surface area contributed by atoms with Gasteiger partial charge in [-0.2, -0.15) is 20.2 Å². The van der Waals surface area contributed by atoms with Gasteiger partial charge in [-0.25, -0.2) is 4.79 Å². The lowest BCUT2D eigenvalue weighted by Crippen LogP contribution is -2.44. The van der Waals surface area contributed by atoms with E-state index < -0.39 is 16.2 Å². The molecule has 0 fully saturated rings. The van der Waals surface area contributed by atoms with Crippen molar-refractivity contribution < 1.29 is 26.9 Å². The van der Waals surface area contributed by atoms with Gasteiger partial charge < -0.3 is 14.8 Å². The summed E-state index contributed by atoms with van der Waals surface area (Å²) < 4.78 is 36.6. The molecule has 0 atom stereocenters. The zero-order valence-electron chi connectivity index (χ0n) is 16.1. The molecule has 9 heteroatoms. The SMILES string of the molecule is CC(C)(CCSCCOCCOS(C)(=O)=O)NC(=O)OCc1ccccc1. The predicted molar refractivity (Wildman–Crippen MR) is 107 cm³/mol. The molecule has 154 valence electrons. The molecule has 0 aliphatic carbocycles. The predicted octanol–water partition coefficient (Wildman–Crippen LogP) is 2.81. The van der Waals surface area contributed by atoms with E-state index in [2.05, 4.69) is 9.50 Å². The van der Waals surface area contributed by atoms with Crippen LogP contribution in [0.2, 0.25) is 0 Å². The first-order chi connectivity index (χ1) is 12.7. The van der Waals surface area contributed by atoms with E-state index in [9.17, 15) is 13.2 Å². The summed E-state index contributed by atoms with van der Waals surface area (Å²) in [6.45, 7) is 4.95. The van der Waals surface area contributed by atoms with Crippen molar-refractivity contribution in [1.29, 1.82) is 0 Å². The Morgan fingerprint density at radius 2 is 1.81 bits per heavy atom. The minimum absolute atomic E-state index is 0.0333. The van der Waals surface area contributed by atoms with E-state index in [1.54, 1.807) is 11.8 Å². The second-order valence-corrected chi connectivity index (χ2v) is 9.44. The van der Waals surface area contributed by atoms with Gasteiger partial charge in [-0.1, -0.05) is 30.3 Å². The van der Waals surface area contributed by atoms with Gasteiger partial charge in [0.15, 0.2) is 0 Å². The average molecular weight is 420 g/mol. The third kappa shape index (κ3) is 13.5. The van der Waals surface area contributed by atoms with E-state index in [0.717, 1.165) is 29.7 Å². The molecule has 0 aliphatic rings. The number of amides is 1. The van der Waals surface area contributed by atoms with Crippen molar-refractivity contribution in [3.8, 4) is 0 Å². The maximum atomic E-state index is 11.9. The summed E-state index contributed by atoms with van der Waals surface area (Å²) in [5.41, 5.74) is 0.577. The first kappa shape index (κ1) is 23.7. The lowest BCUT2D eigenvalue weighted by Gasteiger charge is -2.25. The van der Waals surface area contributed by atoms with E-state index in [4.69, 9.17) is 9.47 Å². The van der Waals surface area contributed by atoms with E-state index in [-0.39, 0.29) is 25.4 Å². The van der Waals surface area contributed by atoms with Gasteiger partial charge in [0.05, 0.1) is 26.1 Å². The van der Waals surface area contributed by atoms with Crippen molar-refractivity contribution in [2.75, 3.05) is 37.6 Å². The minimum Gasteiger partial charge on any atom is -0.445 e.